The zero-order chi connectivity index (χ0) is 36.0. The maximum Gasteiger partial charge on any atom is 0.416 e. The van der Waals surface area contributed by atoms with Gasteiger partial charge in [-0.25, -0.2) is 22.3 Å². The highest BCUT2D eigenvalue weighted by atomic mass is 32.2. The fourth-order valence-corrected chi connectivity index (χ4v) is 8.77. The Hall–Kier alpha value is -5.77. The zero-order valence-corrected chi connectivity index (χ0v) is 27.5. The van der Waals surface area contributed by atoms with E-state index >= 15 is 0 Å². The van der Waals surface area contributed by atoms with Gasteiger partial charge in [0.25, 0.3) is 10.0 Å². The van der Waals surface area contributed by atoms with Gasteiger partial charge in [-0.2, -0.15) is 23.7 Å². The van der Waals surface area contributed by atoms with Crippen LogP contribution in [0.2, 0.25) is 0 Å². The molecule has 0 spiro atoms. The minimum Gasteiger partial charge on any atom is -0.465 e. The molecule has 2 aliphatic rings. The number of ether oxygens (including phenoxy) is 1. The van der Waals surface area contributed by atoms with E-state index in [0.29, 0.717) is 27.1 Å². The lowest BCUT2D eigenvalue weighted by Gasteiger charge is -2.44. The lowest BCUT2D eigenvalue weighted by molar-refractivity contribution is -0.137. The Labute approximate surface area is 287 Å². The maximum absolute atomic E-state index is 14.7. The first-order valence-corrected chi connectivity index (χ1v) is 17.2. The number of allylic oxidation sites excluding steroid dienone is 1. The van der Waals surface area contributed by atoms with E-state index in [-0.39, 0.29) is 52.2 Å². The number of Topliss-reactive ketones (excluding diaryl/α,β-unsaturated/α-hetero) is 1. The Kier molecular flexibility index (Phi) is 8.82. The molecule has 1 aliphatic heterocycles. The van der Waals surface area contributed by atoms with Gasteiger partial charge in [0.2, 0.25) is 0 Å². The van der Waals surface area contributed by atoms with Crippen LogP contribution in [0.25, 0.3) is 11.1 Å². The number of nitrogens with zero attached hydrogens (tertiary/aromatic N) is 4. The van der Waals surface area contributed by atoms with Gasteiger partial charge in [-0.15, -0.1) is 11.3 Å². The van der Waals surface area contributed by atoms with Crippen molar-refractivity contribution in [1.29, 1.82) is 10.5 Å². The number of esters is 1. The number of hydrogen-bond donors (Lipinski definition) is 0. The summed E-state index contributed by atoms with van der Waals surface area (Å²) < 4.78 is 75.9. The van der Waals surface area contributed by atoms with Gasteiger partial charge in [0.1, 0.15) is 17.0 Å². The second kappa shape index (κ2) is 12.9. The third kappa shape index (κ3) is 5.80. The van der Waals surface area contributed by atoms with Crippen LogP contribution in [0.1, 0.15) is 57.2 Å². The highest BCUT2D eigenvalue weighted by molar-refractivity contribution is 7.89. The molecule has 2 heterocycles. The van der Waals surface area contributed by atoms with E-state index in [9.17, 15) is 46.5 Å². The van der Waals surface area contributed by atoms with Gasteiger partial charge in [-0.3, -0.25) is 9.69 Å². The summed E-state index contributed by atoms with van der Waals surface area (Å²) in [7, 11) is -3.91. The summed E-state index contributed by atoms with van der Waals surface area (Å²) in [6.07, 6.45) is -4.61. The lowest BCUT2D eigenvalue weighted by Crippen LogP contribution is -2.54. The number of thiophene rings is 1. The number of nitriles is 2. The second-order valence-electron chi connectivity index (χ2n) is 11.2. The Bertz CT molecular complexity index is 2300. The summed E-state index contributed by atoms with van der Waals surface area (Å²) in [6, 6.07) is 16.6. The van der Waals surface area contributed by atoms with Crippen molar-refractivity contribution in [2.45, 2.75) is 36.4 Å². The number of rotatable bonds is 6. The minimum atomic E-state index is -5.00. The first-order valence-electron chi connectivity index (χ1n) is 14.8. The van der Waals surface area contributed by atoms with Gasteiger partial charge in [-0.1, -0.05) is 36.4 Å². The average Bonchev–Trinajstić information content (AvgIpc) is 3.62. The highest BCUT2D eigenvalue weighted by Gasteiger charge is 2.51. The number of benzene rings is 3. The number of hydrogen-bond acceptors (Lipinski definition) is 9. The van der Waals surface area contributed by atoms with Crippen molar-refractivity contribution in [2.24, 2.45) is 0 Å². The SMILES string of the molecule is COC(=O)c1cc(S(=O)(=O)N2C(=O)N(c3cccc(C(F)(F)F)c3)C3=C(C(=O)CCC3)C2c2cccc(-c3ccc(C#N)cc3)c2C#N)cs1. The number of halogens is 3. The van der Waals surface area contributed by atoms with Crippen molar-refractivity contribution in [3.8, 4) is 23.3 Å². The molecule has 252 valence electrons. The van der Waals surface area contributed by atoms with Crippen molar-refractivity contribution in [1.82, 2.24) is 4.31 Å². The van der Waals surface area contributed by atoms with E-state index in [1.165, 1.54) is 30.3 Å². The molecule has 1 aliphatic carbocycles. The van der Waals surface area contributed by atoms with Crippen LogP contribution in [0.3, 0.4) is 0 Å². The Balaban J connectivity index is 1.66. The standard InChI is InChI=1S/C35H23F3N4O6S2/c1-48-33(44)30-16-24(19-49-30)50(46,47)42-32(26-8-3-7-25(27(26)18-40)21-13-11-20(17-39)12-14-21)31-28(9-4-10-29(31)43)41(34(42)45)23-6-2-5-22(15-23)35(36,37)38/h2-3,5-8,11-16,19,32H,4,9-10H2,1H3. The molecule has 0 fully saturated rings. The summed E-state index contributed by atoms with van der Waals surface area (Å²) in [5.74, 6) is -1.41. The average molecular weight is 717 g/mol. The minimum absolute atomic E-state index is 0.00950. The Morgan fingerprint density at radius 2 is 1.70 bits per heavy atom. The van der Waals surface area contributed by atoms with Crippen molar-refractivity contribution in [3.63, 3.8) is 0 Å². The molecule has 0 saturated heterocycles. The van der Waals surface area contributed by atoms with Crippen LogP contribution in [0.4, 0.5) is 23.7 Å². The summed E-state index contributed by atoms with van der Waals surface area (Å²) in [5, 5.41) is 20.9. The van der Waals surface area contributed by atoms with E-state index in [4.69, 9.17) is 4.74 Å². The molecular weight excluding hydrogens is 694 g/mol. The molecular formula is C35H23F3N4O6S2. The van der Waals surface area contributed by atoms with E-state index in [1.807, 2.05) is 6.07 Å². The van der Waals surface area contributed by atoms with Gasteiger partial charge in [-0.05, 0) is 65.9 Å². The molecule has 6 rings (SSSR count). The number of methoxy groups -OCH3 is 1. The summed E-state index contributed by atoms with van der Waals surface area (Å²) >= 11 is 0.722. The molecule has 0 bridgehead atoms. The lowest BCUT2D eigenvalue weighted by atomic mass is 9.82. The van der Waals surface area contributed by atoms with Crippen LogP contribution in [0.15, 0.2) is 94.3 Å². The van der Waals surface area contributed by atoms with Gasteiger partial charge in [0, 0.05) is 23.1 Å². The zero-order valence-electron chi connectivity index (χ0n) is 25.9. The van der Waals surface area contributed by atoms with Gasteiger partial charge >= 0.3 is 18.2 Å². The van der Waals surface area contributed by atoms with Gasteiger partial charge < -0.3 is 4.74 Å². The number of anilines is 1. The number of carbonyl (C=O) groups is 3. The molecule has 4 aromatic rings. The second-order valence-corrected chi connectivity index (χ2v) is 13.9. The molecule has 0 N–H and O–H groups in total. The van der Waals surface area contributed by atoms with Crippen LogP contribution in [-0.4, -0.2) is 37.6 Å². The van der Waals surface area contributed by atoms with Crippen molar-refractivity contribution in [3.05, 3.63) is 117 Å². The van der Waals surface area contributed by atoms with Crippen LogP contribution in [-0.2, 0) is 25.7 Å². The monoisotopic (exact) mass is 716 g/mol. The molecule has 10 nitrogen and oxygen atoms in total. The Morgan fingerprint density at radius 3 is 2.36 bits per heavy atom. The third-order valence-electron chi connectivity index (χ3n) is 8.36. The van der Waals surface area contributed by atoms with E-state index < -0.39 is 50.5 Å². The first-order chi connectivity index (χ1) is 23.8. The van der Waals surface area contributed by atoms with E-state index in [0.717, 1.165) is 46.9 Å². The number of alkyl halides is 3. The fourth-order valence-electron chi connectivity index (χ4n) is 6.10. The maximum atomic E-state index is 14.7. The predicted molar refractivity (Wildman–Crippen MR) is 174 cm³/mol. The summed E-state index contributed by atoms with van der Waals surface area (Å²) in [5.41, 5.74) is -0.552. The predicted octanol–water partition coefficient (Wildman–Crippen LogP) is 7.34. The van der Waals surface area contributed by atoms with Crippen LogP contribution in [0, 0.1) is 22.7 Å². The summed E-state index contributed by atoms with van der Waals surface area (Å²) in [4.78, 5) is 41.1. The van der Waals surface area contributed by atoms with Crippen molar-refractivity contribution < 1.29 is 40.7 Å². The molecule has 0 radical (unpaired) electrons. The van der Waals surface area contributed by atoms with Crippen molar-refractivity contribution >= 4 is 44.8 Å². The molecule has 1 atom stereocenters. The number of ketones is 1. The molecule has 3 aromatic carbocycles. The van der Waals surface area contributed by atoms with Crippen molar-refractivity contribution in [2.75, 3.05) is 12.0 Å². The quantitative estimate of drug-likeness (QED) is 0.188. The first kappa shape index (κ1) is 34.1. The topological polar surface area (TPSA) is 149 Å². The van der Waals surface area contributed by atoms with E-state index in [1.54, 1.807) is 18.2 Å². The molecule has 15 heteroatoms. The smallest absolute Gasteiger partial charge is 0.416 e. The molecule has 0 saturated carbocycles. The number of carbonyl (C=O) groups excluding carboxylic acids is 3. The summed E-state index contributed by atoms with van der Waals surface area (Å²) in [6.45, 7) is 0. The molecule has 1 aromatic heterocycles. The van der Waals surface area contributed by atoms with Crippen LogP contribution < -0.4 is 4.90 Å². The molecule has 1 unspecified atom stereocenters. The molecule has 50 heavy (non-hydrogen) atoms. The van der Waals surface area contributed by atoms with Gasteiger partial charge in [0.05, 0.1) is 40.5 Å². The third-order valence-corrected chi connectivity index (χ3v) is 11.1. The van der Waals surface area contributed by atoms with E-state index in [2.05, 4.69) is 6.07 Å². The highest BCUT2D eigenvalue weighted by Crippen LogP contribution is 2.48. The van der Waals surface area contributed by atoms with Gasteiger partial charge in [0.15, 0.2) is 5.78 Å². The largest absolute Gasteiger partial charge is 0.465 e. The van der Waals surface area contributed by atoms with Crippen LogP contribution in [0.5, 0.6) is 0 Å². The Morgan fingerprint density at radius 1 is 0.980 bits per heavy atom. The normalized spacial score (nSPS) is 16.5. The van der Waals surface area contributed by atoms with Crippen LogP contribution >= 0.6 is 11.3 Å². The molecule has 2 amide bonds. The number of urea groups is 1. The fraction of sp³-hybridized carbons (Fsp3) is 0.171. The number of sulfonamides is 1. The number of amides is 2.